The molecule has 0 saturated carbocycles. The average Bonchev–Trinajstić information content (AvgIpc) is 2.30. The highest BCUT2D eigenvalue weighted by molar-refractivity contribution is 9.10. The van der Waals surface area contributed by atoms with Crippen molar-refractivity contribution in [2.24, 2.45) is 5.92 Å². The molecule has 0 bridgehead atoms. The molecule has 19 heavy (non-hydrogen) atoms. The first-order valence-corrected chi connectivity index (χ1v) is 8.98. The largest absolute Gasteiger partial charge is 0.240 e. The van der Waals surface area contributed by atoms with Crippen LogP contribution in [0.4, 0.5) is 0 Å². The smallest absolute Gasteiger partial charge is 0.207 e. The molecule has 3 nitrogen and oxygen atoms in total. The van der Waals surface area contributed by atoms with Gasteiger partial charge in [-0.1, -0.05) is 25.4 Å². The predicted octanol–water partition coefficient (Wildman–Crippen LogP) is 4.03. The number of sulfonamides is 1. The molecule has 0 fully saturated rings. The third-order valence-corrected chi connectivity index (χ3v) is 5.57. The van der Waals surface area contributed by atoms with Gasteiger partial charge in [-0.15, -0.1) is 11.6 Å². The first kappa shape index (κ1) is 17.2. The van der Waals surface area contributed by atoms with E-state index in [-0.39, 0.29) is 16.8 Å². The zero-order chi connectivity index (χ0) is 14.6. The molecule has 1 atom stereocenters. The molecule has 1 N–H and O–H groups in total. The number of benzene rings is 1. The third-order valence-electron chi connectivity index (χ3n) is 2.47. The zero-order valence-corrected chi connectivity index (χ0v) is 14.6. The van der Waals surface area contributed by atoms with Gasteiger partial charge < -0.3 is 0 Å². The van der Waals surface area contributed by atoms with Crippen LogP contribution in [0.15, 0.2) is 27.6 Å². The molecule has 1 rings (SSSR count). The first-order chi connectivity index (χ1) is 8.76. The number of rotatable bonds is 6. The van der Waals surface area contributed by atoms with E-state index < -0.39 is 10.0 Å². The van der Waals surface area contributed by atoms with Crippen LogP contribution in [0.5, 0.6) is 0 Å². The maximum Gasteiger partial charge on any atom is 0.240 e. The highest BCUT2D eigenvalue weighted by Crippen LogP contribution is 2.25. The fourth-order valence-electron chi connectivity index (χ4n) is 1.64. The van der Waals surface area contributed by atoms with E-state index in [0.29, 0.717) is 21.8 Å². The fraction of sp³-hybridized carbons (Fsp3) is 0.500. The standard InChI is InChI=1S/C12H16BrCl2NO2S/c1-8(2)5-9(7-14)16-19(17,18)10-3-4-12(15)11(13)6-10/h3-4,6,8-9,16H,5,7H2,1-2H3. The van der Waals surface area contributed by atoms with E-state index in [2.05, 4.69) is 20.7 Å². The van der Waals surface area contributed by atoms with Gasteiger partial charge in [0.1, 0.15) is 0 Å². The Labute approximate surface area is 132 Å². The van der Waals surface area contributed by atoms with Crippen LogP contribution in [0, 0.1) is 5.92 Å². The van der Waals surface area contributed by atoms with E-state index in [1.165, 1.54) is 12.1 Å². The molecule has 0 aliphatic rings. The van der Waals surface area contributed by atoms with E-state index in [1.54, 1.807) is 6.07 Å². The number of hydrogen-bond acceptors (Lipinski definition) is 2. The van der Waals surface area contributed by atoms with Crippen molar-refractivity contribution in [2.75, 3.05) is 5.88 Å². The van der Waals surface area contributed by atoms with E-state index in [4.69, 9.17) is 23.2 Å². The van der Waals surface area contributed by atoms with Crippen molar-refractivity contribution < 1.29 is 8.42 Å². The molecule has 108 valence electrons. The summed E-state index contributed by atoms with van der Waals surface area (Å²) in [6.45, 7) is 4.04. The lowest BCUT2D eigenvalue weighted by Gasteiger charge is -2.18. The minimum Gasteiger partial charge on any atom is -0.207 e. The highest BCUT2D eigenvalue weighted by Gasteiger charge is 2.21. The predicted molar refractivity (Wildman–Crippen MR) is 83.4 cm³/mol. The summed E-state index contributed by atoms with van der Waals surface area (Å²) in [5.41, 5.74) is 0. The third kappa shape index (κ3) is 5.23. The van der Waals surface area contributed by atoms with E-state index in [1.807, 2.05) is 13.8 Å². The highest BCUT2D eigenvalue weighted by atomic mass is 79.9. The summed E-state index contributed by atoms with van der Waals surface area (Å²) >= 11 is 14.9. The van der Waals surface area contributed by atoms with Gasteiger partial charge in [-0.3, -0.25) is 0 Å². The van der Waals surface area contributed by atoms with Crippen molar-refractivity contribution in [1.29, 1.82) is 0 Å². The maximum absolute atomic E-state index is 12.2. The fourth-order valence-corrected chi connectivity index (χ4v) is 3.86. The summed E-state index contributed by atoms with van der Waals surface area (Å²) in [7, 11) is -3.58. The summed E-state index contributed by atoms with van der Waals surface area (Å²) < 4.78 is 27.6. The molecule has 1 unspecified atom stereocenters. The molecule has 0 amide bonds. The van der Waals surface area contributed by atoms with Crippen molar-refractivity contribution >= 4 is 49.2 Å². The zero-order valence-electron chi connectivity index (χ0n) is 10.7. The Morgan fingerprint density at radius 1 is 1.37 bits per heavy atom. The molecule has 1 aromatic carbocycles. The van der Waals surface area contributed by atoms with Crippen molar-refractivity contribution in [3.63, 3.8) is 0 Å². The Kier molecular flexibility index (Phi) is 6.60. The number of hydrogen-bond donors (Lipinski definition) is 1. The lowest BCUT2D eigenvalue weighted by molar-refractivity contribution is 0.485. The van der Waals surface area contributed by atoms with Gasteiger partial charge in [0.05, 0.1) is 9.92 Å². The van der Waals surface area contributed by atoms with Crippen LogP contribution in [-0.2, 0) is 10.0 Å². The second-order valence-corrected chi connectivity index (χ2v) is 7.96. The van der Waals surface area contributed by atoms with Crippen molar-refractivity contribution in [2.45, 2.75) is 31.2 Å². The van der Waals surface area contributed by atoms with Crippen LogP contribution in [0.3, 0.4) is 0 Å². The molecule has 0 aliphatic heterocycles. The maximum atomic E-state index is 12.2. The monoisotopic (exact) mass is 387 g/mol. The van der Waals surface area contributed by atoms with Crippen molar-refractivity contribution in [3.05, 3.63) is 27.7 Å². The first-order valence-electron chi connectivity index (χ1n) is 5.79. The summed E-state index contributed by atoms with van der Waals surface area (Å²) in [6, 6.07) is 4.21. The van der Waals surface area contributed by atoms with E-state index in [0.717, 1.165) is 0 Å². The van der Waals surface area contributed by atoms with Crippen LogP contribution in [0.2, 0.25) is 5.02 Å². The Hall–Kier alpha value is 0.190. The minimum atomic E-state index is -3.58. The molecule has 0 heterocycles. The van der Waals surface area contributed by atoms with Crippen LogP contribution in [-0.4, -0.2) is 20.3 Å². The number of alkyl halides is 1. The number of halogens is 3. The van der Waals surface area contributed by atoms with Gasteiger partial charge in [0.25, 0.3) is 0 Å². The quantitative estimate of drug-likeness (QED) is 0.747. The molecule has 0 saturated heterocycles. The Balaban J connectivity index is 2.93. The van der Waals surface area contributed by atoms with Crippen LogP contribution in [0.1, 0.15) is 20.3 Å². The minimum absolute atomic E-state index is 0.169. The second-order valence-electron chi connectivity index (χ2n) is 4.68. The summed E-state index contributed by atoms with van der Waals surface area (Å²) in [6.07, 6.45) is 0.692. The lowest BCUT2D eigenvalue weighted by atomic mass is 10.1. The molecular weight excluding hydrogens is 373 g/mol. The van der Waals surface area contributed by atoms with Crippen LogP contribution in [0.25, 0.3) is 0 Å². The second kappa shape index (κ2) is 7.27. The normalized spacial score (nSPS) is 13.8. The molecule has 0 spiro atoms. The van der Waals surface area contributed by atoms with Crippen LogP contribution < -0.4 is 4.72 Å². The summed E-state index contributed by atoms with van der Waals surface area (Å²) in [5.74, 6) is 0.606. The van der Waals surface area contributed by atoms with Gasteiger partial charge in [-0.2, -0.15) is 0 Å². The molecule has 0 aromatic heterocycles. The molecular formula is C12H16BrCl2NO2S. The Bertz CT molecular complexity index is 535. The molecule has 1 aromatic rings. The number of nitrogens with one attached hydrogen (secondary N) is 1. The topological polar surface area (TPSA) is 46.2 Å². The molecule has 0 aliphatic carbocycles. The lowest BCUT2D eigenvalue weighted by Crippen LogP contribution is -2.37. The van der Waals surface area contributed by atoms with Gasteiger partial charge in [-0.25, -0.2) is 13.1 Å². The van der Waals surface area contributed by atoms with E-state index >= 15 is 0 Å². The average molecular weight is 389 g/mol. The van der Waals surface area contributed by atoms with Crippen molar-refractivity contribution in [1.82, 2.24) is 4.72 Å². The Morgan fingerprint density at radius 2 is 2.00 bits per heavy atom. The molecule has 7 heteroatoms. The van der Waals surface area contributed by atoms with Gasteiger partial charge in [-0.05, 0) is 46.5 Å². The van der Waals surface area contributed by atoms with Crippen LogP contribution >= 0.6 is 39.1 Å². The SMILES string of the molecule is CC(C)CC(CCl)NS(=O)(=O)c1ccc(Cl)c(Br)c1. The van der Waals surface area contributed by atoms with Crippen molar-refractivity contribution in [3.8, 4) is 0 Å². The van der Waals surface area contributed by atoms with Gasteiger partial charge in [0.15, 0.2) is 0 Å². The molecule has 0 radical (unpaired) electrons. The van der Waals surface area contributed by atoms with E-state index in [9.17, 15) is 8.42 Å². The van der Waals surface area contributed by atoms with Gasteiger partial charge in [0, 0.05) is 16.4 Å². The van der Waals surface area contributed by atoms with Gasteiger partial charge >= 0.3 is 0 Å². The Morgan fingerprint density at radius 3 is 2.47 bits per heavy atom. The summed E-state index contributed by atoms with van der Waals surface area (Å²) in [5, 5.41) is 0.468. The van der Waals surface area contributed by atoms with Gasteiger partial charge in [0.2, 0.25) is 10.0 Å². The summed E-state index contributed by atoms with van der Waals surface area (Å²) in [4.78, 5) is 0.169.